The lowest BCUT2D eigenvalue weighted by Crippen LogP contribution is -1.92. The molecule has 0 aliphatic heterocycles. The van der Waals surface area contributed by atoms with Crippen LogP contribution < -0.4 is 0 Å². The fourth-order valence-corrected chi connectivity index (χ4v) is 1.69. The normalized spacial score (nSPS) is 11.5. The molecule has 2 rings (SSSR count). The van der Waals surface area contributed by atoms with Crippen LogP contribution >= 0.6 is 0 Å². The first kappa shape index (κ1) is 10.0. The summed E-state index contributed by atoms with van der Waals surface area (Å²) in [5.74, 6) is 0.558. The van der Waals surface area contributed by atoms with Crippen LogP contribution in [0, 0.1) is 0 Å². The summed E-state index contributed by atoms with van der Waals surface area (Å²) in [6.07, 6.45) is 2.95. The average molecular weight is 204 g/mol. The summed E-state index contributed by atoms with van der Waals surface area (Å²) < 4.78 is 1.77. The van der Waals surface area contributed by atoms with E-state index in [1.54, 1.807) is 4.52 Å². The summed E-state index contributed by atoms with van der Waals surface area (Å²) >= 11 is 0. The highest BCUT2D eigenvalue weighted by Gasteiger charge is 2.14. The molecular formula is C12H16N2O. The maximum absolute atomic E-state index is 9.94. The first-order valence-corrected chi connectivity index (χ1v) is 5.33. The van der Waals surface area contributed by atoms with E-state index in [1.165, 1.54) is 5.56 Å². The highest BCUT2D eigenvalue weighted by atomic mass is 16.3. The van der Waals surface area contributed by atoms with Crippen LogP contribution in [-0.4, -0.2) is 14.7 Å². The summed E-state index contributed by atoms with van der Waals surface area (Å²) in [5.41, 5.74) is 2.78. The Morgan fingerprint density at radius 3 is 2.73 bits per heavy atom. The first-order valence-electron chi connectivity index (χ1n) is 5.33. The van der Waals surface area contributed by atoms with Gasteiger partial charge in [0.15, 0.2) is 5.75 Å². The van der Waals surface area contributed by atoms with E-state index >= 15 is 0 Å². The van der Waals surface area contributed by atoms with E-state index in [0.29, 0.717) is 5.75 Å². The minimum absolute atomic E-state index is 0.245. The molecule has 0 radical (unpaired) electrons. The molecule has 2 aromatic rings. The van der Waals surface area contributed by atoms with Crippen LogP contribution in [0.5, 0.6) is 5.75 Å². The largest absolute Gasteiger partial charge is 0.504 e. The molecule has 0 aliphatic carbocycles. The second-order valence-electron chi connectivity index (χ2n) is 4.11. The predicted octanol–water partition coefficient (Wildman–Crippen LogP) is 2.73. The summed E-state index contributed by atoms with van der Waals surface area (Å²) in [6.45, 7) is 6.17. The van der Waals surface area contributed by atoms with Crippen LogP contribution in [0.4, 0.5) is 0 Å². The topological polar surface area (TPSA) is 37.5 Å². The van der Waals surface area contributed by atoms with Crippen LogP contribution in [0.2, 0.25) is 0 Å². The van der Waals surface area contributed by atoms with Crippen LogP contribution in [-0.2, 0) is 6.42 Å². The molecule has 0 aromatic carbocycles. The second kappa shape index (κ2) is 3.57. The van der Waals surface area contributed by atoms with Crippen molar-refractivity contribution in [2.24, 2.45) is 0 Å². The van der Waals surface area contributed by atoms with Crippen molar-refractivity contribution in [1.82, 2.24) is 9.61 Å². The maximum atomic E-state index is 9.94. The Kier molecular flexibility index (Phi) is 2.39. The Bertz CT molecular complexity index is 486. The van der Waals surface area contributed by atoms with E-state index in [4.69, 9.17) is 0 Å². The lowest BCUT2D eigenvalue weighted by molar-refractivity contribution is 0.470. The molecule has 80 valence electrons. The number of aromatic hydroxyl groups is 1. The third-order valence-corrected chi connectivity index (χ3v) is 2.65. The molecule has 0 amide bonds. The fraction of sp³-hybridized carbons (Fsp3) is 0.417. The van der Waals surface area contributed by atoms with Gasteiger partial charge in [-0.1, -0.05) is 26.8 Å². The first-order chi connectivity index (χ1) is 7.13. The molecule has 3 heteroatoms. The van der Waals surface area contributed by atoms with Crippen LogP contribution in [0.1, 0.15) is 37.9 Å². The summed E-state index contributed by atoms with van der Waals surface area (Å²) in [7, 11) is 0. The van der Waals surface area contributed by atoms with Crippen molar-refractivity contribution in [1.29, 1.82) is 0 Å². The molecule has 2 heterocycles. The molecule has 1 N–H and O–H groups in total. The third kappa shape index (κ3) is 1.58. The van der Waals surface area contributed by atoms with Gasteiger partial charge in [0.2, 0.25) is 0 Å². The van der Waals surface area contributed by atoms with Crippen LogP contribution in [0.25, 0.3) is 5.52 Å². The lowest BCUT2D eigenvalue weighted by Gasteiger charge is -1.97. The second-order valence-corrected chi connectivity index (χ2v) is 4.11. The lowest BCUT2D eigenvalue weighted by atomic mass is 10.1. The Morgan fingerprint density at radius 2 is 2.13 bits per heavy atom. The molecule has 2 aromatic heterocycles. The predicted molar refractivity (Wildman–Crippen MR) is 60.3 cm³/mol. The molecule has 0 unspecified atom stereocenters. The molecule has 0 bridgehead atoms. The summed E-state index contributed by atoms with van der Waals surface area (Å²) in [6, 6.07) is 3.95. The van der Waals surface area contributed by atoms with Crippen molar-refractivity contribution in [3.63, 3.8) is 0 Å². The van der Waals surface area contributed by atoms with Gasteiger partial charge in [0, 0.05) is 12.1 Å². The van der Waals surface area contributed by atoms with Gasteiger partial charge in [0.1, 0.15) is 11.2 Å². The molecule has 0 saturated carbocycles. The van der Waals surface area contributed by atoms with Gasteiger partial charge in [-0.3, -0.25) is 0 Å². The zero-order chi connectivity index (χ0) is 11.0. The zero-order valence-electron chi connectivity index (χ0n) is 9.36. The van der Waals surface area contributed by atoms with E-state index < -0.39 is 0 Å². The quantitative estimate of drug-likeness (QED) is 0.816. The number of aryl methyl sites for hydroxylation is 1. The van der Waals surface area contributed by atoms with Gasteiger partial charge in [0.05, 0.1) is 0 Å². The third-order valence-electron chi connectivity index (χ3n) is 2.65. The Balaban J connectivity index is 2.65. The molecule has 3 nitrogen and oxygen atoms in total. The monoisotopic (exact) mass is 204 g/mol. The Labute approximate surface area is 89.4 Å². The molecule has 15 heavy (non-hydrogen) atoms. The minimum Gasteiger partial charge on any atom is -0.504 e. The van der Waals surface area contributed by atoms with Crippen molar-refractivity contribution in [3.05, 3.63) is 29.6 Å². The SMILES string of the molecule is CCc1ccc2c(O)c(C(C)C)nn2c1. The van der Waals surface area contributed by atoms with Gasteiger partial charge in [-0.05, 0) is 18.1 Å². The Hall–Kier alpha value is -1.51. The summed E-state index contributed by atoms with van der Waals surface area (Å²) in [5, 5.41) is 14.3. The fourth-order valence-electron chi connectivity index (χ4n) is 1.69. The van der Waals surface area contributed by atoms with E-state index in [1.807, 2.05) is 32.2 Å². The highest BCUT2D eigenvalue weighted by molar-refractivity contribution is 5.62. The van der Waals surface area contributed by atoms with Gasteiger partial charge >= 0.3 is 0 Å². The number of rotatable bonds is 2. The maximum Gasteiger partial charge on any atom is 0.165 e. The minimum atomic E-state index is 0.245. The van der Waals surface area contributed by atoms with Crippen LogP contribution in [0.15, 0.2) is 18.3 Å². The molecule has 0 saturated heterocycles. The number of hydrogen-bond acceptors (Lipinski definition) is 2. The molecule has 0 aliphatic rings. The number of aromatic nitrogens is 2. The molecule has 0 fully saturated rings. The average Bonchev–Trinajstić information content (AvgIpc) is 2.55. The number of pyridine rings is 1. The standard InChI is InChI=1S/C12H16N2O/c1-4-9-5-6-10-12(15)11(8(2)3)13-14(10)7-9/h5-8,15H,4H2,1-3H3. The van der Waals surface area contributed by atoms with Crippen molar-refractivity contribution in [2.45, 2.75) is 33.1 Å². The molecule has 0 spiro atoms. The van der Waals surface area contributed by atoms with Gasteiger partial charge in [0.25, 0.3) is 0 Å². The number of hydrogen-bond donors (Lipinski definition) is 1. The van der Waals surface area contributed by atoms with Crippen molar-refractivity contribution in [2.75, 3.05) is 0 Å². The van der Waals surface area contributed by atoms with Crippen molar-refractivity contribution in [3.8, 4) is 5.75 Å². The van der Waals surface area contributed by atoms with Gasteiger partial charge in [-0.2, -0.15) is 5.10 Å². The smallest absolute Gasteiger partial charge is 0.165 e. The highest BCUT2D eigenvalue weighted by Crippen LogP contribution is 2.28. The van der Waals surface area contributed by atoms with Gasteiger partial charge < -0.3 is 5.11 Å². The van der Waals surface area contributed by atoms with Crippen molar-refractivity contribution >= 4 is 5.52 Å². The summed E-state index contributed by atoms with van der Waals surface area (Å²) in [4.78, 5) is 0. The number of fused-ring (bicyclic) bond motifs is 1. The van der Waals surface area contributed by atoms with E-state index in [2.05, 4.69) is 12.0 Å². The van der Waals surface area contributed by atoms with E-state index in [9.17, 15) is 5.11 Å². The van der Waals surface area contributed by atoms with E-state index in [0.717, 1.165) is 17.6 Å². The Morgan fingerprint density at radius 1 is 1.40 bits per heavy atom. The van der Waals surface area contributed by atoms with Crippen molar-refractivity contribution < 1.29 is 5.11 Å². The zero-order valence-corrected chi connectivity index (χ0v) is 9.36. The molecular weight excluding hydrogens is 188 g/mol. The van der Waals surface area contributed by atoms with E-state index in [-0.39, 0.29) is 5.92 Å². The molecule has 0 atom stereocenters. The number of nitrogens with zero attached hydrogens (tertiary/aromatic N) is 2. The van der Waals surface area contributed by atoms with Crippen LogP contribution in [0.3, 0.4) is 0 Å². The van der Waals surface area contributed by atoms with Gasteiger partial charge in [-0.15, -0.1) is 0 Å². The van der Waals surface area contributed by atoms with Gasteiger partial charge in [-0.25, -0.2) is 4.52 Å².